The molecule has 0 aliphatic heterocycles. The molecule has 6 heteroatoms. The third kappa shape index (κ3) is 3.27. The normalized spacial score (nSPS) is 10.7. The molecule has 0 spiro atoms. The molecule has 2 rings (SSSR count). The molecule has 1 aromatic carbocycles. The van der Waals surface area contributed by atoms with Crippen molar-refractivity contribution in [1.82, 2.24) is 9.78 Å². The number of aryl methyl sites for hydroxylation is 2. The Morgan fingerprint density at radius 2 is 2.20 bits per heavy atom. The number of aromatic nitrogens is 2. The zero-order valence-electron chi connectivity index (χ0n) is 11.7. The van der Waals surface area contributed by atoms with Gasteiger partial charge in [-0.25, -0.2) is 0 Å². The first-order valence-corrected chi connectivity index (χ1v) is 7.50. The Labute approximate surface area is 132 Å². The van der Waals surface area contributed by atoms with E-state index in [0.29, 0.717) is 11.6 Å². The van der Waals surface area contributed by atoms with E-state index in [9.17, 15) is 0 Å². The summed E-state index contributed by atoms with van der Waals surface area (Å²) >= 11 is 9.53. The van der Waals surface area contributed by atoms with Crippen molar-refractivity contribution in [2.75, 3.05) is 12.4 Å². The lowest BCUT2D eigenvalue weighted by atomic mass is 10.2. The topological polar surface area (TPSA) is 39.1 Å². The lowest BCUT2D eigenvalue weighted by molar-refractivity contribution is 0.414. The first kappa shape index (κ1) is 15.2. The molecule has 1 heterocycles. The molecule has 0 atom stereocenters. The van der Waals surface area contributed by atoms with Crippen molar-refractivity contribution in [2.24, 2.45) is 7.05 Å². The van der Waals surface area contributed by atoms with E-state index >= 15 is 0 Å². The number of nitrogens with one attached hydrogen (secondary N) is 1. The minimum absolute atomic E-state index is 0.655. The van der Waals surface area contributed by atoms with Crippen LogP contribution in [0.25, 0.3) is 0 Å². The summed E-state index contributed by atoms with van der Waals surface area (Å²) < 4.78 is 8.06. The minimum Gasteiger partial charge on any atom is -0.493 e. The van der Waals surface area contributed by atoms with Crippen LogP contribution in [-0.4, -0.2) is 16.9 Å². The second-order valence-corrected chi connectivity index (χ2v) is 5.74. The molecule has 0 aliphatic rings. The van der Waals surface area contributed by atoms with E-state index in [1.54, 1.807) is 7.11 Å². The molecule has 1 N–H and O–H groups in total. The second-order valence-electron chi connectivity index (χ2n) is 4.45. The lowest BCUT2D eigenvalue weighted by Gasteiger charge is -2.13. The third-order valence-corrected chi connectivity index (χ3v) is 3.82. The van der Waals surface area contributed by atoms with E-state index in [4.69, 9.17) is 16.3 Å². The van der Waals surface area contributed by atoms with Gasteiger partial charge in [0.15, 0.2) is 5.75 Å². The van der Waals surface area contributed by atoms with Crippen molar-refractivity contribution in [1.29, 1.82) is 0 Å². The Morgan fingerprint density at radius 1 is 1.45 bits per heavy atom. The molecule has 108 valence electrons. The van der Waals surface area contributed by atoms with Crippen molar-refractivity contribution in [3.8, 4) is 5.75 Å². The molecule has 20 heavy (non-hydrogen) atoms. The van der Waals surface area contributed by atoms with Crippen LogP contribution in [0.3, 0.4) is 0 Å². The molecule has 0 radical (unpaired) electrons. The summed E-state index contributed by atoms with van der Waals surface area (Å²) in [6.07, 6.45) is 2.94. The molecule has 4 nitrogen and oxygen atoms in total. The van der Waals surface area contributed by atoms with Crippen LogP contribution in [0.2, 0.25) is 5.02 Å². The van der Waals surface area contributed by atoms with Crippen molar-refractivity contribution >= 4 is 33.2 Å². The maximum Gasteiger partial charge on any atom is 0.156 e. The van der Waals surface area contributed by atoms with E-state index in [2.05, 4.69) is 33.3 Å². The van der Waals surface area contributed by atoms with Crippen LogP contribution in [0.15, 0.2) is 22.8 Å². The summed E-state index contributed by atoms with van der Waals surface area (Å²) in [5, 5.41) is 8.44. The molecular weight excluding hydrogens is 342 g/mol. The predicted octanol–water partition coefficient (Wildman–Crippen LogP) is 4.02. The Hall–Kier alpha value is -1.20. The monoisotopic (exact) mass is 357 g/mol. The summed E-state index contributed by atoms with van der Waals surface area (Å²) in [6, 6.07) is 3.67. The van der Waals surface area contributed by atoms with Gasteiger partial charge in [0.25, 0.3) is 0 Å². The van der Waals surface area contributed by atoms with Gasteiger partial charge in [0.05, 0.1) is 23.0 Å². The van der Waals surface area contributed by atoms with Crippen LogP contribution in [0.5, 0.6) is 5.75 Å². The first-order chi connectivity index (χ1) is 9.55. The quantitative estimate of drug-likeness (QED) is 0.877. The standard InChI is InChI=1S/C14H17BrClN3O/c1-4-12-9(8-19(2)18-12)7-17-13-6-10(16)5-11(15)14(13)20-3/h5-6,8,17H,4,7H2,1-3H3. The fourth-order valence-corrected chi connectivity index (χ4v) is 3.09. The van der Waals surface area contributed by atoms with Crippen molar-refractivity contribution in [3.05, 3.63) is 39.1 Å². The van der Waals surface area contributed by atoms with Crippen molar-refractivity contribution in [2.45, 2.75) is 19.9 Å². The molecule has 0 saturated carbocycles. The number of nitrogens with zero attached hydrogens (tertiary/aromatic N) is 2. The Balaban J connectivity index is 2.22. The Morgan fingerprint density at radius 3 is 2.85 bits per heavy atom. The molecular formula is C14H17BrClN3O. The number of anilines is 1. The van der Waals surface area contributed by atoms with Gasteiger partial charge in [0, 0.05) is 30.4 Å². The third-order valence-electron chi connectivity index (χ3n) is 3.01. The van der Waals surface area contributed by atoms with E-state index in [0.717, 1.165) is 28.0 Å². The zero-order chi connectivity index (χ0) is 14.7. The van der Waals surface area contributed by atoms with Crippen LogP contribution in [-0.2, 0) is 20.0 Å². The van der Waals surface area contributed by atoms with Gasteiger partial charge in [0.1, 0.15) is 0 Å². The Bertz CT molecular complexity index is 613. The number of ether oxygens (including phenoxy) is 1. The number of halogens is 2. The summed E-state index contributed by atoms with van der Waals surface area (Å²) in [7, 11) is 3.57. The highest BCUT2D eigenvalue weighted by atomic mass is 79.9. The molecule has 0 saturated heterocycles. The smallest absolute Gasteiger partial charge is 0.156 e. The lowest BCUT2D eigenvalue weighted by Crippen LogP contribution is -2.03. The average molecular weight is 359 g/mol. The van der Waals surface area contributed by atoms with E-state index in [-0.39, 0.29) is 0 Å². The second kappa shape index (κ2) is 6.50. The number of rotatable bonds is 5. The van der Waals surface area contributed by atoms with E-state index in [1.807, 2.05) is 30.1 Å². The number of hydrogen-bond acceptors (Lipinski definition) is 3. The molecule has 0 bridgehead atoms. The van der Waals surface area contributed by atoms with Gasteiger partial charge < -0.3 is 10.1 Å². The van der Waals surface area contributed by atoms with Crippen LogP contribution >= 0.6 is 27.5 Å². The highest BCUT2D eigenvalue weighted by Gasteiger charge is 2.11. The number of methoxy groups -OCH3 is 1. The van der Waals surface area contributed by atoms with Gasteiger partial charge in [-0.1, -0.05) is 18.5 Å². The van der Waals surface area contributed by atoms with Crippen LogP contribution in [0.1, 0.15) is 18.2 Å². The van der Waals surface area contributed by atoms with E-state index in [1.165, 1.54) is 5.56 Å². The largest absolute Gasteiger partial charge is 0.493 e. The molecule has 2 aromatic rings. The SMILES string of the molecule is CCc1nn(C)cc1CNc1cc(Cl)cc(Br)c1OC. The van der Waals surface area contributed by atoms with Gasteiger partial charge in [-0.05, 0) is 34.5 Å². The minimum atomic E-state index is 0.655. The van der Waals surface area contributed by atoms with Gasteiger partial charge >= 0.3 is 0 Å². The molecule has 0 unspecified atom stereocenters. The fourth-order valence-electron chi connectivity index (χ4n) is 2.12. The summed E-state index contributed by atoms with van der Waals surface area (Å²) in [6.45, 7) is 2.78. The summed E-state index contributed by atoms with van der Waals surface area (Å²) in [4.78, 5) is 0. The van der Waals surface area contributed by atoms with Gasteiger partial charge in [-0.3, -0.25) is 4.68 Å². The maximum absolute atomic E-state index is 6.08. The molecule has 0 aliphatic carbocycles. The van der Waals surface area contributed by atoms with E-state index < -0.39 is 0 Å². The average Bonchev–Trinajstić information content (AvgIpc) is 2.76. The molecule has 0 fully saturated rings. The number of benzene rings is 1. The van der Waals surface area contributed by atoms with Gasteiger partial charge in [-0.15, -0.1) is 0 Å². The Kier molecular flexibility index (Phi) is 4.94. The van der Waals surface area contributed by atoms with Crippen LogP contribution < -0.4 is 10.1 Å². The van der Waals surface area contributed by atoms with Gasteiger partial charge in [-0.2, -0.15) is 5.10 Å². The molecule has 0 amide bonds. The first-order valence-electron chi connectivity index (χ1n) is 6.33. The fraction of sp³-hybridized carbons (Fsp3) is 0.357. The van der Waals surface area contributed by atoms with Crippen LogP contribution in [0, 0.1) is 0 Å². The van der Waals surface area contributed by atoms with Crippen molar-refractivity contribution < 1.29 is 4.74 Å². The van der Waals surface area contributed by atoms with Crippen molar-refractivity contribution in [3.63, 3.8) is 0 Å². The van der Waals surface area contributed by atoms with Crippen LogP contribution in [0.4, 0.5) is 5.69 Å². The maximum atomic E-state index is 6.08. The summed E-state index contributed by atoms with van der Waals surface area (Å²) in [5.41, 5.74) is 3.13. The highest BCUT2D eigenvalue weighted by molar-refractivity contribution is 9.10. The highest BCUT2D eigenvalue weighted by Crippen LogP contribution is 2.36. The predicted molar refractivity (Wildman–Crippen MR) is 85.6 cm³/mol. The number of hydrogen-bond donors (Lipinski definition) is 1. The summed E-state index contributed by atoms with van der Waals surface area (Å²) in [5.74, 6) is 0.747. The van der Waals surface area contributed by atoms with Gasteiger partial charge in [0.2, 0.25) is 0 Å². The zero-order valence-corrected chi connectivity index (χ0v) is 14.0. The molecule has 1 aromatic heterocycles.